The number of carbonyl (C=O) groups is 1. The second-order valence-electron chi connectivity index (χ2n) is 4.13. The number of aromatic amines is 1. The fourth-order valence-electron chi connectivity index (χ4n) is 1.92. The zero-order valence-electron chi connectivity index (χ0n) is 10.6. The third kappa shape index (κ3) is 2.29. The Morgan fingerprint density at radius 1 is 1.05 bits per heavy atom. The number of amides is 1. The lowest BCUT2D eigenvalue weighted by atomic mass is 10.2. The third-order valence-electron chi connectivity index (χ3n) is 2.83. The maximum Gasteiger partial charge on any atom is 0.282 e. The van der Waals surface area contributed by atoms with Gasteiger partial charge < -0.3 is 4.98 Å². The number of anilines is 2. The molecule has 5 nitrogen and oxygen atoms in total. The first-order valence-corrected chi connectivity index (χ1v) is 6.15. The van der Waals surface area contributed by atoms with E-state index in [0.29, 0.717) is 11.5 Å². The van der Waals surface area contributed by atoms with Crippen LogP contribution in [0.25, 0.3) is 0 Å². The van der Waals surface area contributed by atoms with Crippen molar-refractivity contribution in [3.63, 3.8) is 0 Å². The molecule has 0 unspecified atom stereocenters. The minimum Gasteiger partial charge on any atom is -0.331 e. The van der Waals surface area contributed by atoms with Crippen LogP contribution in [0.3, 0.4) is 0 Å². The van der Waals surface area contributed by atoms with Gasteiger partial charge in [0.15, 0.2) is 0 Å². The number of pyridine rings is 1. The van der Waals surface area contributed by atoms with E-state index in [9.17, 15) is 4.79 Å². The molecule has 0 saturated heterocycles. The standard InChI is InChI=1S/C15H12N4O/c20-15(13-8-4-5-9-17-13)19(14-10-16-11-18-14)12-6-2-1-3-7-12/h1-11H,(H,16,18). The molecule has 0 aliphatic carbocycles. The average molecular weight is 264 g/mol. The molecule has 20 heavy (non-hydrogen) atoms. The average Bonchev–Trinajstić information content (AvgIpc) is 3.03. The van der Waals surface area contributed by atoms with Crippen LogP contribution in [0, 0.1) is 0 Å². The summed E-state index contributed by atoms with van der Waals surface area (Å²) in [5.41, 5.74) is 1.14. The minimum absolute atomic E-state index is 0.207. The number of nitrogens with zero attached hydrogens (tertiary/aromatic N) is 3. The molecule has 0 atom stereocenters. The van der Waals surface area contributed by atoms with E-state index in [0.717, 1.165) is 5.69 Å². The highest BCUT2D eigenvalue weighted by molar-refractivity contribution is 6.09. The summed E-state index contributed by atoms with van der Waals surface area (Å²) in [6, 6.07) is 14.6. The molecular weight excluding hydrogens is 252 g/mol. The van der Waals surface area contributed by atoms with Gasteiger partial charge in [0, 0.05) is 6.20 Å². The largest absolute Gasteiger partial charge is 0.331 e. The minimum atomic E-state index is -0.207. The van der Waals surface area contributed by atoms with Crippen molar-refractivity contribution in [3.8, 4) is 0 Å². The van der Waals surface area contributed by atoms with E-state index in [1.54, 1.807) is 35.5 Å². The van der Waals surface area contributed by atoms with Crippen LogP contribution in [0.15, 0.2) is 67.3 Å². The van der Waals surface area contributed by atoms with E-state index in [1.807, 2.05) is 30.3 Å². The van der Waals surface area contributed by atoms with E-state index in [1.165, 1.54) is 6.33 Å². The van der Waals surface area contributed by atoms with Crippen molar-refractivity contribution < 1.29 is 4.79 Å². The van der Waals surface area contributed by atoms with Crippen molar-refractivity contribution in [2.24, 2.45) is 0 Å². The van der Waals surface area contributed by atoms with Gasteiger partial charge in [0.1, 0.15) is 11.5 Å². The Hall–Kier alpha value is -2.95. The van der Waals surface area contributed by atoms with Crippen LogP contribution in [0.4, 0.5) is 11.5 Å². The van der Waals surface area contributed by atoms with Crippen LogP contribution in [0.2, 0.25) is 0 Å². The van der Waals surface area contributed by atoms with E-state index >= 15 is 0 Å². The molecule has 0 aliphatic rings. The summed E-state index contributed by atoms with van der Waals surface area (Å²) < 4.78 is 0. The number of H-pyrrole nitrogens is 1. The summed E-state index contributed by atoms with van der Waals surface area (Å²) in [6.07, 6.45) is 4.74. The number of aromatic nitrogens is 3. The molecule has 3 aromatic rings. The number of para-hydroxylation sites is 1. The van der Waals surface area contributed by atoms with Gasteiger partial charge in [-0.05, 0) is 24.3 Å². The number of nitrogens with one attached hydrogen (secondary N) is 1. The predicted molar refractivity (Wildman–Crippen MR) is 75.7 cm³/mol. The highest BCUT2D eigenvalue weighted by atomic mass is 16.2. The zero-order valence-corrected chi connectivity index (χ0v) is 10.6. The Labute approximate surface area is 115 Å². The summed E-state index contributed by atoms with van der Waals surface area (Å²) in [6.45, 7) is 0. The van der Waals surface area contributed by atoms with E-state index < -0.39 is 0 Å². The first kappa shape index (κ1) is 12.1. The van der Waals surface area contributed by atoms with Gasteiger partial charge in [0.25, 0.3) is 5.91 Å². The van der Waals surface area contributed by atoms with Crippen molar-refractivity contribution in [1.29, 1.82) is 0 Å². The molecule has 0 bridgehead atoms. The van der Waals surface area contributed by atoms with Crippen LogP contribution in [0.5, 0.6) is 0 Å². The first-order chi connectivity index (χ1) is 9.86. The summed E-state index contributed by atoms with van der Waals surface area (Å²) >= 11 is 0. The van der Waals surface area contributed by atoms with E-state index in [4.69, 9.17) is 0 Å². The number of imidazole rings is 1. The second-order valence-corrected chi connectivity index (χ2v) is 4.13. The molecule has 0 fully saturated rings. The third-order valence-corrected chi connectivity index (χ3v) is 2.83. The van der Waals surface area contributed by atoms with Gasteiger partial charge in [0.2, 0.25) is 0 Å². The maximum atomic E-state index is 12.7. The second kappa shape index (κ2) is 5.36. The first-order valence-electron chi connectivity index (χ1n) is 6.15. The molecule has 1 amide bonds. The summed E-state index contributed by atoms with van der Waals surface area (Å²) in [5, 5.41) is 0. The van der Waals surface area contributed by atoms with Gasteiger partial charge in [-0.25, -0.2) is 4.98 Å². The van der Waals surface area contributed by atoms with Crippen molar-refractivity contribution in [1.82, 2.24) is 15.0 Å². The quantitative estimate of drug-likeness (QED) is 0.791. The molecule has 0 radical (unpaired) electrons. The number of carbonyl (C=O) groups excluding carboxylic acids is 1. The van der Waals surface area contributed by atoms with E-state index in [-0.39, 0.29) is 5.91 Å². The lowest BCUT2D eigenvalue weighted by Gasteiger charge is -2.20. The van der Waals surface area contributed by atoms with Crippen molar-refractivity contribution in [2.75, 3.05) is 4.90 Å². The van der Waals surface area contributed by atoms with Gasteiger partial charge in [-0.1, -0.05) is 24.3 Å². The molecule has 2 heterocycles. The fraction of sp³-hybridized carbons (Fsp3) is 0. The molecule has 3 rings (SSSR count). The molecule has 1 N–H and O–H groups in total. The number of hydrogen-bond donors (Lipinski definition) is 1. The van der Waals surface area contributed by atoms with Gasteiger partial charge >= 0.3 is 0 Å². The monoisotopic (exact) mass is 264 g/mol. The molecular formula is C15H12N4O. The van der Waals surface area contributed by atoms with Crippen molar-refractivity contribution >= 4 is 17.4 Å². The molecule has 0 spiro atoms. The summed E-state index contributed by atoms with van der Waals surface area (Å²) in [5.74, 6) is 0.396. The Morgan fingerprint density at radius 3 is 2.50 bits per heavy atom. The molecule has 98 valence electrons. The fourth-order valence-corrected chi connectivity index (χ4v) is 1.92. The van der Waals surface area contributed by atoms with Crippen LogP contribution < -0.4 is 4.90 Å². The predicted octanol–water partition coefficient (Wildman–Crippen LogP) is 2.78. The number of rotatable bonds is 3. The normalized spacial score (nSPS) is 10.2. The summed E-state index contributed by atoms with van der Waals surface area (Å²) in [4.78, 5) is 25.2. The van der Waals surface area contributed by atoms with Crippen LogP contribution in [-0.4, -0.2) is 20.9 Å². The van der Waals surface area contributed by atoms with Crippen molar-refractivity contribution in [3.05, 3.63) is 72.9 Å². The lowest BCUT2D eigenvalue weighted by Crippen LogP contribution is -2.27. The zero-order chi connectivity index (χ0) is 13.8. The molecule has 5 heteroatoms. The maximum absolute atomic E-state index is 12.7. The van der Waals surface area contributed by atoms with Crippen molar-refractivity contribution in [2.45, 2.75) is 0 Å². The topological polar surface area (TPSA) is 61.9 Å². The highest BCUT2D eigenvalue weighted by Crippen LogP contribution is 2.24. The highest BCUT2D eigenvalue weighted by Gasteiger charge is 2.21. The Morgan fingerprint density at radius 2 is 1.85 bits per heavy atom. The number of hydrogen-bond acceptors (Lipinski definition) is 3. The molecule has 1 aromatic carbocycles. The van der Waals surface area contributed by atoms with E-state index in [2.05, 4.69) is 15.0 Å². The summed E-state index contributed by atoms with van der Waals surface area (Å²) in [7, 11) is 0. The molecule has 2 aromatic heterocycles. The van der Waals surface area contributed by atoms with Crippen LogP contribution in [0.1, 0.15) is 10.5 Å². The van der Waals surface area contributed by atoms with Gasteiger partial charge in [-0.2, -0.15) is 0 Å². The number of benzene rings is 1. The smallest absolute Gasteiger partial charge is 0.282 e. The Bertz CT molecular complexity index is 680. The molecule has 0 aliphatic heterocycles. The van der Waals surface area contributed by atoms with Gasteiger partial charge in [-0.15, -0.1) is 0 Å². The Kier molecular flexibility index (Phi) is 3.24. The van der Waals surface area contributed by atoms with Crippen LogP contribution in [-0.2, 0) is 0 Å². The van der Waals surface area contributed by atoms with Crippen LogP contribution >= 0.6 is 0 Å². The Balaban J connectivity index is 2.05. The lowest BCUT2D eigenvalue weighted by molar-refractivity contribution is 0.0994. The van der Waals surface area contributed by atoms with Gasteiger partial charge in [-0.3, -0.25) is 14.7 Å². The SMILES string of the molecule is O=C(c1ccccn1)N(c1ccccc1)c1cnc[nH]1. The van der Waals surface area contributed by atoms with Gasteiger partial charge in [0.05, 0.1) is 18.2 Å². The molecule has 0 saturated carbocycles.